The largest absolute Gasteiger partial charge is 0.452 e. The maximum atomic E-state index is 11.9. The van der Waals surface area contributed by atoms with Gasteiger partial charge >= 0.3 is 5.97 Å². The Kier molecular flexibility index (Phi) is 4.93. The molecule has 0 heterocycles. The van der Waals surface area contributed by atoms with Crippen molar-refractivity contribution < 1.29 is 14.3 Å². The molecule has 0 radical (unpaired) electrons. The fourth-order valence-corrected chi connectivity index (χ4v) is 1.95. The van der Waals surface area contributed by atoms with Gasteiger partial charge in [0.2, 0.25) is 0 Å². The van der Waals surface area contributed by atoms with E-state index in [1.54, 1.807) is 12.1 Å². The third kappa shape index (κ3) is 4.05. The van der Waals surface area contributed by atoms with Gasteiger partial charge in [0.1, 0.15) is 0 Å². The van der Waals surface area contributed by atoms with Gasteiger partial charge < -0.3 is 10.1 Å². The van der Waals surface area contributed by atoms with E-state index in [9.17, 15) is 9.59 Å². The lowest BCUT2D eigenvalue weighted by atomic mass is 10.1. The van der Waals surface area contributed by atoms with Crippen LogP contribution in [-0.4, -0.2) is 24.5 Å². The standard InChI is InChI=1S/C17H19NO3/c1-3-12(2)18-16(19)11-21-17(20)15-9-8-13-6-4-5-7-14(13)10-15/h4-10,12H,3,11H2,1-2H3,(H,18,19)/t12-/m1/s1. The number of esters is 1. The van der Waals surface area contributed by atoms with E-state index in [2.05, 4.69) is 5.32 Å². The lowest BCUT2D eigenvalue weighted by Gasteiger charge is -2.11. The number of carbonyl (C=O) groups excluding carboxylic acids is 2. The molecule has 0 aliphatic carbocycles. The second-order valence-corrected chi connectivity index (χ2v) is 5.01. The third-order valence-electron chi connectivity index (χ3n) is 3.34. The monoisotopic (exact) mass is 285 g/mol. The molecule has 0 fully saturated rings. The van der Waals surface area contributed by atoms with Crippen molar-refractivity contribution >= 4 is 22.6 Å². The molecule has 0 bridgehead atoms. The number of nitrogens with one attached hydrogen (secondary N) is 1. The van der Waals surface area contributed by atoms with Gasteiger partial charge in [-0.05, 0) is 36.2 Å². The smallest absolute Gasteiger partial charge is 0.338 e. The Hall–Kier alpha value is -2.36. The zero-order valence-corrected chi connectivity index (χ0v) is 12.3. The van der Waals surface area contributed by atoms with Crippen LogP contribution in [-0.2, 0) is 9.53 Å². The number of benzene rings is 2. The van der Waals surface area contributed by atoms with E-state index in [-0.39, 0.29) is 18.6 Å². The van der Waals surface area contributed by atoms with Crippen LogP contribution in [0.1, 0.15) is 30.6 Å². The Bertz CT molecular complexity index is 651. The summed E-state index contributed by atoms with van der Waals surface area (Å²) < 4.78 is 5.03. The van der Waals surface area contributed by atoms with Crippen molar-refractivity contribution in [1.82, 2.24) is 5.32 Å². The molecule has 2 aromatic rings. The van der Waals surface area contributed by atoms with Gasteiger partial charge in [-0.15, -0.1) is 0 Å². The summed E-state index contributed by atoms with van der Waals surface area (Å²) in [6, 6.07) is 13.2. The number of rotatable bonds is 5. The lowest BCUT2D eigenvalue weighted by Crippen LogP contribution is -2.35. The van der Waals surface area contributed by atoms with Crippen molar-refractivity contribution in [2.75, 3.05) is 6.61 Å². The number of hydrogen-bond donors (Lipinski definition) is 1. The van der Waals surface area contributed by atoms with Crippen molar-refractivity contribution in [3.63, 3.8) is 0 Å². The molecule has 4 heteroatoms. The fourth-order valence-electron chi connectivity index (χ4n) is 1.95. The van der Waals surface area contributed by atoms with Crippen molar-refractivity contribution in [2.45, 2.75) is 26.3 Å². The van der Waals surface area contributed by atoms with Crippen LogP contribution in [0.3, 0.4) is 0 Å². The number of carbonyl (C=O) groups is 2. The molecule has 21 heavy (non-hydrogen) atoms. The molecule has 2 aromatic carbocycles. The molecule has 0 aliphatic heterocycles. The molecule has 0 saturated carbocycles. The second kappa shape index (κ2) is 6.88. The molecule has 0 aromatic heterocycles. The molecule has 2 rings (SSSR count). The molecule has 0 saturated heterocycles. The second-order valence-electron chi connectivity index (χ2n) is 5.01. The molecule has 110 valence electrons. The SMILES string of the molecule is CC[C@@H](C)NC(=O)COC(=O)c1ccc2ccccc2c1. The topological polar surface area (TPSA) is 55.4 Å². The first-order valence-corrected chi connectivity index (χ1v) is 7.05. The van der Waals surface area contributed by atoms with Crippen LogP contribution >= 0.6 is 0 Å². The van der Waals surface area contributed by atoms with Gasteiger partial charge in [0, 0.05) is 6.04 Å². The molecule has 0 aliphatic rings. The molecule has 1 N–H and O–H groups in total. The average molecular weight is 285 g/mol. The molecular formula is C17H19NO3. The summed E-state index contributed by atoms with van der Waals surface area (Å²) >= 11 is 0. The maximum Gasteiger partial charge on any atom is 0.338 e. The Morgan fingerprint density at radius 1 is 1.14 bits per heavy atom. The van der Waals surface area contributed by atoms with E-state index in [1.165, 1.54) is 0 Å². The molecule has 0 spiro atoms. The van der Waals surface area contributed by atoms with Gasteiger partial charge in [-0.25, -0.2) is 4.79 Å². The van der Waals surface area contributed by atoms with Gasteiger partial charge in [0.15, 0.2) is 6.61 Å². The first-order chi connectivity index (χ1) is 10.1. The van der Waals surface area contributed by atoms with E-state index in [0.29, 0.717) is 5.56 Å². The number of fused-ring (bicyclic) bond motifs is 1. The minimum absolute atomic E-state index is 0.0804. The minimum atomic E-state index is -0.486. The van der Waals surface area contributed by atoms with E-state index in [0.717, 1.165) is 17.2 Å². The van der Waals surface area contributed by atoms with Gasteiger partial charge in [-0.1, -0.05) is 37.3 Å². The first-order valence-electron chi connectivity index (χ1n) is 7.05. The van der Waals surface area contributed by atoms with Crippen LogP contribution in [0.2, 0.25) is 0 Å². The fraction of sp³-hybridized carbons (Fsp3) is 0.294. The predicted octanol–water partition coefficient (Wildman–Crippen LogP) is 2.91. The van der Waals surface area contributed by atoms with Gasteiger partial charge in [0.25, 0.3) is 5.91 Å². The van der Waals surface area contributed by atoms with Crippen molar-refractivity contribution in [3.8, 4) is 0 Å². The van der Waals surface area contributed by atoms with Crippen LogP contribution in [0.15, 0.2) is 42.5 Å². The maximum absolute atomic E-state index is 11.9. The van der Waals surface area contributed by atoms with Gasteiger partial charge in [-0.3, -0.25) is 4.79 Å². The van der Waals surface area contributed by atoms with Gasteiger partial charge in [-0.2, -0.15) is 0 Å². The number of amides is 1. The van der Waals surface area contributed by atoms with Crippen molar-refractivity contribution in [3.05, 3.63) is 48.0 Å². The van der Waals surface area contributed by atoms with E-state index >= 15 is 0 Å². The van der Waals surface area contributed by atoms with E-state index < -0.39 is 5.97 Å². The third-order valence-corrected chi connectivity index (χ3v) is 3.34. The summed E-state index contributed by atoms with van der Waals surface area (Å²) in [6.45, 7) is 3.63. The summed E-state index contributed by atoms with van der Waals surface area (Å²) in [5, 5.41) is 4.78. The highest BCUT2D eigenvalue weighted by Crippen LogP contribution is 2.16. The predicted molar refractivity (Wildman–Crippen MR) is 82.1 cm³/mol. The summed E-state index contributed by atoms with van der Waals surface area (Å²) in [7, 11) is 0. The zero-order valence-electron chi connectivity index (χ0n) is 12.3. The van der Waals surface area contributed by atoms with Gasteiger partial charge in [0.05, 0.1) is 5.56 Å². The normalized spacial score (nSPS) is 11.9. The number of hydrogen-bond acceptors (Lipinski definition) is 3. The van der Waals surface area contributed by atoms with Crippen LogP contribution in [0, 0.1) is 0 Å². The molecule has 1 atom stereocenters. The van der Waals surface area contributed by atoms with Crippen LogP contribution in [0.4, 0.5) is 0 Å². The zero-order chi connectivity index (χ0) is 15.2. The Morgan fingerprint density at radius 2 is 1.86 bits per heavy atom. The Morgan fingerprint density at radius 3 is 2.57 bits per heavy atom. The summed E-state index contributed by atoms with van der Waals surface area (Å²) in [4.78, 5) is 23.5. The summed E-state index contributed by atoms with van der Waals surface area (Å²) in [5.74, 6) is -0.765. The Labute approximate surface area is 124 Å². The van der Waals surface area contributed by atoms with Crippen LogP contribution in [0.25, 0.3) is 10.8 Å². The van der Waals surface area contributed by atoms with Crippen LogP contribution in [0.5, 0.6) is 0 Å². The summed E-state index contributed by atoms with van der Waals surface area (Å²) in [5.41, 5.74) is 0.449. The minimum Gasteiger partial charge on any atom is -0.452 e. The quantitative estimate of drug-likeness (QED) is 0.859. The van der Waals surface area contributed by atoms with E-state index in [1.807, 2.05) is 44.2 Å². The highest BCUT2D eigenvalue weighted by atomic mass is 16.5. The molecular weight excluding hydrogens is 266 g/mol. The molecule has 0 unspecified atom stereocenters. The van der Waals surface area contributed by atoms with E-state index in [4.69, 9.17) is 4.74 Å². The van der Waals surface area contributed by atoms with Crippen molar-refractivity contribution in [2.24, 2.45) is 0 Å². The Balaban J connectivity index is 1.97. The first kappa shape index (κ1) is 15.0. The number of ether oxygens (including phenoxy) is 1. The average Bonchev–Trinajstić information content (AvgIpc) is 2.51. The highest BCUT2D eigenvalue weighted by Gasteiger charge is 2.11. The summed E-state index contributed by atoms with van der Waals surface area (Å²) in [6.07, 6.45) is 0.838. The lowest BCUT2D eigenvalue weighted by molar-refractivity contribution is -0.124. The van der Waals surface area contributed by atoms with Crippen molar-refractivity contribution in [1.29, 1.82) is 0 Å². The highest BCUT2D eigenvalue weighted by molar-refractivity contribution is 5.96. The molecule has 1 amide bonds. The molecule has 4 nitrogen and oxygen atoms in total. The van der Waals surface area contributed by atoms with Crippen LogP contribution < -0.4 is 5.32 Å².